The molecule has 0 radical (unpaired) electrons. The third-order valence-electron chi connectivity index (χ3n) is 3.02. The second-order valence-electron chi connectivity index (χ2n) is 5.00. The summed E-state index contributed by atoms with van der Waals surface area (Å²) in [5.41, 5.74) is 2.32. The summed E-state index contributed by atoms with van der Waals surface area (Å²) in [7, 11) is 1.73. The molecule has 0 fully saturated rings. The number of benzene rings is 1. The van der Waals surface area contributed by atoms with Crippen molar-refractivity contribution in [1.82, 2.24) is 4.90 Å². The first kappa shape index (κ1) is 15.6. The van der Waals surface area contributed by atoms with Gasteiger partial charge < -0.3 is 14.1 Å². The molecule has 0 aliphatic carbocycles. The van der Waals surface area contributed by atoms with Crippen LogP contribution in [0, 0.1) is 13.8 Å². The van der Waals surface area contributed by atoms with Crippen LogP contribution in [0.25, 0.3) is 0 Å². The predicted octanol–water partition coefficient (Wildman–Crippen LogP) is 3.81. The number of halogens is 1. The van der Waals surface area contributed by atoms with Crippen LogP contribution in [0.5, 0.6) is 5.75 Å². The molecular weight excluding hydrogens is 334 g/mol. The summed E-state index contributed by atoms with van der Waals surface area (Å²) in [5, 5.41) is 0. The SMILES string of the molecule is Cc1cc(C)cc(OCCN(C)C(=O)c2ccc(Br)o2)c1. The van der Waals surface area contributed by atoms with Crippen molar-refractivity contribution in [3.63, 3.8) is 0 Å². The Bertz CT molecular complexity index is 616. The van der Waals surface area contributed by atoms with Crippen LogP contribution in [0.2, 0.25) is 0 Å². The van der Waals surface area contributed by atoms with Crippen molar-refractivity contribution in [2.24, 2.45) is 0 Å². The Morgan fingerprint density at radius 2 is 1.90 bits per heavy atom. The van der Waals surface area contributed by atoms with Crippen molar-refractivity contribution in [3.05, 3.63) is 51.9 Å². The Labute approximate surface area is 132 Å². The summed E-state index contributed by atoms with van der Waals surface area (Å²) in [5.74, 6) is 0.981. The molecule has 4 nitrogen and oxygen atoms in total. The molecule has 1 aromatic heterocycles. The van der Waals surface area contributed by atoms with Gasteiger partial charge in [-0.3, -0.25) is 4.79 Å². The van der Waals surface area contributed by atoms with Crippen LogP contribution in [-0.2, 0) is 0 Å². The van der Waals surface area contributed by atoms with Crippen molar-refractivity contribution in [1.29, 1.82) is 0 Å². The average molecular weight is 352 g/mol. The Morgan fingerprint density at radius 3 is 2.48 bits per heavy atom. The third-order valence-corrected chi connectivity index (χ3v) is 3.45. The number of rotatable bonds is 5. The van der Waals surface area contributed by atoms with Crippen LogP contribution in [-0.4, -0.2) is 31.0 Å². The summed E-state index contributed by atoms with van der Waals surface area (Å²) in [4.78, 5) is 13.6. The summed E-state index contributed by atoms with van der Waals surface area (Å²) >= 11 is 3.18. The largest absolute Gasteiger partial charge is 0.492 e. The van der Waals surface area contributed by atoms with Gasteiger partial charge in [-0.25, -0.2) is 0 Å². The van der Waals surface area contributed by atoms with E-state index in [1.807, 2.05) is 26.0 Å². The number of hydrogen-bond donors (Lipinski definition) is 0. The predicted molar refractivity (Wildman–Crippen MR) is 84.8 cm³/mol. The lowest BCUT2D eigenvalue weighted by molar-refractivity contribution is 0.0741. The normalized spacial score (nSPS) is 10.5. The fourth-order valence-electron chi connectivity index (χ4n) is 2.04. The van der Waals surface area contributed by atoms with E-state index in [0.717, 1.165) is 16.9 Å². The zero-order valence-electron chi connectivity index (χ0n) is 12.4. The third kappa shape index (κ3) is 4.36. The zero-order valence-corrected chi connectivity index (χ0v) is 13.9. The Kier molecular flexibility index (Phi) is 5.07. The maximum atomic E-state index is 12.1. The lowest BCUT2D eigenvalue weighted by atomic mass is 10.1. The lowest BCUT2D eigenvalue weighted by Gasteiger charge is -2.16. The molecule has 1 amide bonds. The number of amides is 1. The number of hydrogen-bond acceptors (Lipinski definition) is 3. The molecule has 1 heterocycles. The minimum Gasteiger partial charge on any atom is -0.492 e. The molecule has 5 heteroatoms. The van der Waals surface area contributed by atoms with Crippen molar-refractivity contribution in [3.8, 4) is 5.75 Å². The van der Waals surface area contributed by atoms with Crippen LogP contribution < -0.4 is 4.74 Å². The molecule has 0 N–H and O–H groups in total. The standard InChI is InChI=1S/C16H18BrNO3/c1-11-8-12(2)10-13(9-11)20-7-6-18(3)16(19)14-4-5-15(17)21-14/h4-5,8-10H,6-7H2,1-3H3. The molecule has 0 spiro atoms. The van der Waals surface area contributed by atoms with E-state index in [1.165, 1.54) is 0 Å². The summed E-state index contributed by atoms with van der Waals surface area (Å²) in [6.45, 7) is 4.99. The summed E-state index contributed by atoms with van der Waals surface area (Å²) in [6.07, 6.45) is 0. The number of carbonyl (C=O) groups excluding carboxylic acids is 1. The summed E-state index contributed by atoms with van der Waals surface area (Å²) in [6, 6.07) is 9.41. The Morgan fingerprint density at radius 1 is 1.24 bits per heavy atom. The smallest absolute Gasteiger partial charge is 0.289 e. The van der Waals surface area contributed by atoms with Gasteiger partial charge in [0.15, 0.2) is 10.4 Å². The van der Waals surface area contributed by atoms with E-state index in [1.54, 1.807) is 24.1 Å². The fourth-order valence-corrected chi connectivity index (χ4v) is 2.34. The minimum atomic E-state index is -0.162. The van der Waals surface area contributed by atoms with Crippen LogP contribution in [0.1, 0.15) is 21.7 Å². The minimum absolute atomic E-state index is 0.162. The number of furan rings is 1. The van der Waals surface area contributed by atoms with Crippen LogP contribution in [0.3, 0.4) is 0 Å². The van der Waals surface area contributed by atoms with Gasteiger partial charge in [0.25, 0.3) is 5.91 Å². The highest BCUT2D eigenvalue weighted by molar-refractivity contribution is 9.10. The molecule has 0 aliphatic heterocycles. The highest BCUT2D eigenvalue weighted by Gasteiger charge is 2.15. The first-order valence-corrected chi connectivity index (χ1v) is 7.47. The van der Waals surface area contributed by atoms with E-state index >= 15 is 0 Å². The number of aryl methyl sites for hydroxylation is 2. The number of likely N-dealkylation sites (N-methyl/N-ethyl adjacent to an activating group) is 1. The van der Waals surface area contributed by atoms with Crippen molar-refractivity contribution in [2.45, 2.75) is 13.8 Å². The van der Waals surface area contributed by atoms with Crippen molar-refractivity contribution < 1.29 is 13.9 Å². The monoisotopic (exact) mass is 351 g/mol. The highest BCUT2D eigenvalue weighted by Crippen LogP contribution is 2.17. The average Bonchev–Trinajstić information content (AvgIpc) is 2.83. The summed E-state index contributed by atoms with van der Waals surface area (Å²) < 4.78 is 11.5. The number of ether oxygens (including phenoxy) is 1. The zero-order chi connectivity index (χ0) is 15.4. The van der Waals surface area contributed by atoms with E-state index in [9.17, 15) is 4.79 Å². The van der Waals surface area contributed by atoms with Gasteiger partial charge in [-0.1, -0.05) is 6.07 Å². The van der Waals surface area contributed by atoms with E-state index in [4.69, 9.17) is 9.15 Å². The number of nitrogens with zero attached hydrogens (tertiary/aromatic N) is 1. The molecule has 21 heavy (non-hydrogen) atoms. The van der Waals surface area contributed by atoms with Gasteiger partial charge in [0.1, 0.15) is 12.4 Å². The van der Waals surface area contributed by atoms with Crippen LogP contribution >= 0.6 is 15.9 Å². The van der Waals surface area contributed by atoms with Crippen molar-refractivity contribution >= 4 is 21.8 Å². The Hall–Kier alpha value is -1.75. The first-order valence-electron chi connectivity index (χ1n) is 6.67. The van der Waals surface area contributed by atoms with E-state index in [0.29, 0.717) is 23.6 Å². The van der Waals surface area contributed by atoms with Gasteiger partial charge in [0, 0.05) is 7.05 Å². The molecule has 1 aromatic carbocycles. The first-order chi connectivity index (χ1) is 9.95. The molecule has 0 saturated heterocycles. The maximum Gasteiger partial charge on any atom is 0.289 e. The molecule has 0 bridgehead atoms. The van der Waals surface area contributed by atoms with Gasteiger partial charge in [-0.2, -0.15) is 0 Å². The van der Waals surface area contributed by atoms with Gasteiger partial charge in [0.2, 0.25) is 0 Å². The molecule has 2 rings (SSSR count). The molecule has 0 unspecified atom stereocenters. The van der Waals surface area contributed by atoms with E-state index in [-0.39, 0.29) is 5.91 Å². The van der Waals surface area contributed by atoms with Gasteiger partial charge in [-0.15, -0.1) is 0 Å². The van der Waals surface area contributed by atoms with Gasteiger partial charge >= 0.3 is 0 Å². The molecule has 0 atom stereocenters. The van der Waals surface area contributed by atoms with E-state index in [2.05, 4.69) is 22.0 Å². The molecule has 112 valence electrons. The van der Waals surface area contributed by atoms with Gasteiger partial charge in [0.05, 0.1) is 6.54 Å². The maximum absolute atomic E-state index is 12.1. The lowest BCUT2D eigenvalue weighted by Crippen LogP contribution is -2.30. The van der Waals surface area contributed by atoms with Crippen LogP contribution in [0.4, 0.5) is 0 Å². The van der Waals surface area contributed by atoms with E-state index < -0.39 is 0 Å². The molecule has 0 aliphatic rings. The second-order valence-corrected chi connectivity index (χ2v) is 5.78. The fraction of sp³-hybridized carbons (Fsp3) is 0.312. The highest BCUT2D eigenvalue weighted by atomic mass is 79.9. The second kappa shape index (κ2) is 6.80. The Balaban J connectivity index is 1.86. The van der Waals surface area contributed by atoms with Crippen molar-refractivity contribution in [2.75, 3.05) is 20.2 Å². The molecule has 0 saturated carbocycles. The molecular formula is C16H18BrNO3. The molecule has 2 aromatic rings. The van der Waals surface area contributed by atoms with Crippen LogP contribution in [0.15, 0.2) is 39.4 Å². The quantitative estimate of drug-likeness (QED) is 0.822. The topological polar surface area (TPSA) is 42.7 Å². The number of carbonyl (C=O) groups is 1. The van der Waals surface area contributed by atoms with Gasteiger partial charge in [-0.05, 0) is 65.2 Å².